The molecular formula is C98H128O10. The molecule has 0 radical (unpaired) electrons. The third-order valence-electron chi connectivity index (χ3n) is 22.4. The summed E-state index contributed by atoms with van der Waals surface area (Å²) < 4.78 is 42.2. The molecule has 0 aliphatic carbocycles. The van der Waals surface area contributed by atoms with Crippen LogP contribution in [0.3, 0.4) is 0 Å². The Morgan fingerprint density at radius 1 is 0.185 bits per heavy atom. The molecule has 8 aromatic carbocycles. The molecule has 4 aliphatic rings. The van der Waals surface area contributed by atoms with Crippen molar-refractivity contribution in [2.75, 3.05) is 52.9 Å². The van der Waals surface area contributed by atoms with E-state index >= 15 is 0 Å². The Morgan fingerprint density at radius 3 is 0.463 bits per heavy atom. The number of hydrogen-bond acceptors (Lipinski definition) is 10. The normalized spacial score (nSPS) is 15.9. The number of fused-ring (bicyclic) bond motifs is 14. The molecule has 0 unspecified atom stereocenters. The highest BCUT2D eigenvalue weighted by molar-refractivity contribution is 5.63. The Hall–Kier alpha value is -7.92. The summed E-state index contributed by atoms with van der Waals surface area (Å²) in [5.74, 6) is 3.69. The number of benzene rings is 8. The minimum atomic E-state index is -0.324. The summed E-state index contributed by atoms with van der Waals surface area (Å²) in [4.78, 5) is 0. The molecule has 20 bridgehead atoms. The van der Waals surface area contributed by atoms with Gasteiger partial charge in [-0.3, -0.25) is 0 Å². The first kappa shape index (κ1) is 81.1. The van der Waals surface area contributed by atoms with Gasteiger partial charge in [0.15, 0.2) is 0 Å². The van der Waals surface area contributed by atoms with Gasteiger partial charge in [-0.1, -0.05) is 263 Å². The second-order valence-corrected chi connectivity index (χ2v) is 39.8. The van der Waals surface area contributed by atoms with Gasteiger partial charge < -0.3 is 48.8 Å². The predicted octanol–water partition coefficient (Wildman–Crippen LogP) is 22.3. The lowest BCUT2D eigenvalue weighted by Crippen LogP contribution is -2.17. The molecule has 108 heavy (non-hydrogen) atoms. The fourth-order valence-corrected chi connectivity index (χ4v) is 15.3. The van der Waals surface area contributed by atoms with Gasteiger partial charge in [-0.2, -0.15) is 0 Å². The van der Waals surface area contributed by atoms with Gasteiger partial charge >= 0.3 is 0 Å². The molecule has 4 N–H and O–H groups in total. The van der Waals surface area contributed by atoms with E-state index in [2.05, 4.69) is 263 Å². The van der Waals surface area contributed by atoms with Crippen molar-refractivity contribution in [2.45, 2.75) is 274 Å². The van der Waals surface area contributed by atoms with E-state index in [1.807, 2.05) is 0 Å². The van der Waals surface area contributed by atoms with Crippen molar-refractivity contribution >= 4 is 0 Å². The van der Waals surface area contributed by atoms with Crippen LogP contribution in [-0.2, 0) is 104 Å². The zero-order chi connectivity index (χ0) is 78.8. The quantitative estimate of drug-likeness (QED) is 0.109. The van der Waals surface area contributed by atoms with Gasteiger partial charge in [0.1, 0.15) is 59.2 Å². The van der Waals surface area contributed by atoms with Crippen LogP contribution >= 0.6 is 0 Å². The summed E-state index contributed by atoms with van der Waals surface area (Å²) >= 11 is 0. The summed E-state index contributed by atoms with van der Waals surface area (Å²) in [5.41, 5.74) is 19.8. The van der Waals surface area contributed by atoms with Crippen LogP contribution in [0.2, 0.25) is 0 Å². The summed E-state index contributed by atoms with van der Waals surface area (Å²) in [6.45, 7) is 56.1. The Morgan fingerprint density at radius 2 is 0.315 bits per heavy atom. The molecule has 0 saturated heterocycles. The molecule has 10 nitrogen and oxygen atoms in total. The molecule has 0 saturated carbocycles. The first-order valence-corrected chi connectivity index (χ1v) is 39.9. The molecule has 0 atom stereocenters. The minimum absolute atomic E-state index is 0.213. The Bertz CT molecular complexity index is 4110. The van der Waals surface area contributed by atoms with Gasteiger partial charge in [-0.25, -0.2) is 0 Å². The van der Waals surface area contributed by atoms with Crippen molar-refractivity contribution in [3.63, 3.8) is 0 Å². The van der Waals surface area contributed by atoms with Gasteiger partial charge in [0.2, 0.25) is 0 Å². The van der Waals surface area contributed by atoms with Gasteiger partial charge in [0, 0.05) is 51.4 Å². The lowest BCUT2D eigenvalue weighted by atomic mass is 9.79. The maximum absolute atomic E-state index is 13.4. The van der Waals surface area contributed by atoms with E-state index in [-0.39, 0.29) is 92.7 Å². The number of phenols is 4. The Balaban J connectivity index is 1.30. The standard InChI is InChI=1S/C98H128O10/c1-91(2,3)75-43-59-35-67-51-79(95(13,14)15)52-68-36-60-44-76(92(4,5)6)49-65(84(60)100)41-73-57-82(98(22,23)24)58-74-42-66-50-78(94(10,11)12)46-62(86(66)102)38-70-54-80(96(16,17)18)53-69(88(70)106-28-26-25-27-105-87(67)68)37-61-45-77(93(7,8)9)48-64(85(61)101)40-72-56-81(97(19,20)21)55-71(39-63(47-75)83(59)99)89(72)107-33-31-103-29-30-104-32-34-108-90(73)74/h43-58,99-102H,25-42H2,1-24H3. The van der Waals surface area contributed by atoms with Crippen molar-refractivity contribution < 1.29 is 48.8 Å². The van der Waals surface area contributed by atoms with Crippen LogP contribution in [0.4, 0.5) is 0 Å². The van der Waals surface area contributed by atoms with Gasteiger partial charge in [-0.15, -0.1) is 0 Å². The van der Waals surface area contributed by atoms with Crippen molar-refractivity contribution in [3.05, 3.63) is 231 Å². The third-order valence-corrected chi connectivity index (χ3v) is 22.4. The molecule has 4 aliphatic heterocycles. The summed E-state index contributed by atoms with van der Waals surface area (Å²) in [5, 5.41) is 53.7. The van der Waals surface area contributed by atoms with E-state index in [9.17, 15) is 20.4 Å². The van der Waals surface area contributed by atoms with Crippen LogP contribution in [0, 0.1) is 0 Å². The molecule has 12 rings (SSSR count). The summed E-state index contributed by atoms with van der Waals surface area (Å²) in [6, 6.07) is 35.8. The minimum Gasteiger partial charge on any atom is -0.507 e. The van der Waals surface area contributed by atoms with Crippen LogP contribution in [0.25, 0.3) is 0 Å². The summed E-state index contributed by atoms with van der Waals surface area (Å²) in [7, 11) is 0. The largest absolute Gasteiger partial charge is 0.507 e. The third kappa shape index (κ3) is 18.7. The van der Waals surface area contributed by atoms with E-state index in [1.54, 1.807) is 0 Å². The van der Waals surface area contributed by atoms with Gasteiger partial charge in [0.05, 0.1) is 39.6 Å². The number of ether oxygens (including phenoxy) is 6. The molecular weight excluding hydrogens is 1340 g/mol. The van der Waals surface area contributed by atoms with E-state index in [0.29, 0.717) is 102 Å². The Kier molecular flexibility index (Phi) is 23.1. The van der Waals surface area contributed by atoms with Crippen LogP contribution in [0.1, 0.15) is 313 Å². The molecule has 0 amide bonds. The smallest absolute Gasteiger partial charge is 0.126 e. The van der Waals surface area contributed by atoms with E-state index in [1.165, 1.54) is 0 Å². The molecule has 8 aromatic rings. The van der Waals surface area contributed by atoms with Gasteiger partial charge in [0.25, 0.3) is 0 Å². The molecule has 580 valence electrons. The predicted molar refractivity (Wildman–Crippen MR) is 443 cm³/mol. The van der Waals surface area contributed by atoms with Crippen LogP contribution in [0.5, 0.6) is 46.0 Å². The zero-order valence-corrected chi connectivity index (χ0v) is 70.2. The molecule has 0 aromatic heterocycles. The number of phenolic OH excluding ortho intramolecular Hbond substituents is 4. The maximum atomic E-state index is 13.4. The topological polar surface area (TPSA) is 136 Å². The van der Waals surface area contributed by atoms with Gasteiger partial charge in [-0.05, 0) is 190 Å². The highest BCUT2D eigenvalue weighted by Crippen LogP contribution is 2.48. The van der Waals surface area contributed by atoms with E-state index in [0.717, 1.165) is 145 Å². The van der Waals surface area contributed by atoms with Crippen molar-refractivity contribution in [2.24, 2.45) is 0 Å². The monoisotopic (exact) mass is 1460 g/mol. The second-order valence-electron chi connectivity index (χ2n) is 39.8. The van der Waals surface area contributed by atoms with E-state index < -0.39 is 0 Å². The molecule has 10 heteroatoms. The fourth-order valence-electron chi connectivity index (χ4n) is 15.3. The maximum Gasteiger partial charge on any atom is 0.126 e. The van der Waals surface area contributed by atoms with Crippen molar-refractivity contribution in [1.82, 2.24) is 0 Å². The molecule has 0 spiro atoms. The van der Waals surface area contributed by atoms with Crippen LogP contribution in [-0.4, -0.2) is 73.3 Å². The fraction of sp³-hybridized carbons (Fsp3) is 0.510. The molecule has 4 heterocycles. The van der Waals surface area contributed by atoms with Crippen molar-refractivity contribution in [3.8, 4) is 46.0 Å². The molecule has 0 fully saturated rings. The number of aromatic hydroxyl groups is 4. The second kappa shape index (κ2) is 30.7. The van der Waals surface area contributed by atoms with Crippen LogP contribution in [0.15, 0.2) is 97.1 Å². The van der Waals surface area contributed by atoms with E-state index in [4.69, 9.17) is 28.4 Å². The first-order valence-electron chi connectivity index (χ1n) is 39.9. The average molecular weight is 1470 g/mol. The first-order chi connectivity index (χ1) is 50.2. The Labute approximate surface area is 648 Å². The SMILES string of the molecule is CC(C)(C)c1cc2c(O)c(c1)Cc1cc(C(C)(C)C)cc3c1OCCOCCOCCOc1c4cc(C(C)(C)C)cc1Cc1cc(C(C)(C)C)cc(c1O)Cc1cc(C(C)(C)C)cc(c1OCCCCOc1c(cc(C(C)(C)C)cc1Cc1cc(C(C)(C)C)cc(c1O)C4)C2)Cc1cc(C(C)(C)C)cc(c1O)C3. The average Bonchev–Trinajstić information content (AvgIpc) is 0.797. The zero-order valence-electron chi connectivity index (χ0n) is 70.2. The summed E-state index contributed by atoms with van der Waals surface area (Å²) in [6.07, 6.45) is 4.03. The highest BCUT2D eigenvalue weighted by Gasteiger charge is 2.33. The lowest BCUT2D eigenvalue weighted by Gasteiger charge is -2.28. The highest BCUT2D eigenvalue weighted by atomic mass is 16.6. The number of rotatable bonds is 0. The lowest BCUT2D eigenvalue weighted by molar-refractivity contribution is 0.0270. The van der Waals surface area contributed by atoms with Crippen LogP contribution < -0.4 is 18.9 Å². The number of hydrogen-bond donors (Lipinski definition) is 4. The van der Waals surface area contributed by atoms with Crippen molar-refractivity contribution in [1.29, 1.82) is 0 Å².